The Balaban J connectivity index is 2.71. The lowest BCUT2D eigenvalue weighted by atomic mass is 9.96. The van der Waals surface area contributed by atoms with Gasteiger partial charge in [-0.05, 0) is 48.0 Å². The normalized spacial score (nSPS) is 15.8. The quantitative estimate of drug-likeness (QED) is 0.738. The van der Waals surface area contributed by atoms with Crippen LogP contribution in [0.25, 0.3) is 0 Å². The molecule has 0 spiro atoms. The van der Waals surface area contributed by atoms with Crippen molar-refractivity contribution < 1.29 is 9.90 Å². The predicted octanol–water partition coefficient (Wildman–Crippen LogP) is 3.77. The second-order valence-electron chi connectivity index (χ2n) is 4.73. The molecule has 106 valence electrons. The first kappa shape index (κ1) is 16.5. The summed E-state index contributed by atoms with van der Waals surface area (Å²) < 4.78 is 1.05. The number of nitrogens with one attached hydrogen (secondary N) is 1. The molecule has 2 atom stereocenters. The highest BCUT2D eigenvalue weighted by atomic mass is 79.9. The van der Waals surface area contributed by atoms with E-state index in [0.717, 1.165) is 9.37 Å². The molecule has 0 saturated carbocycles. The lowest BCUT2D eigenvalue weighted by Gasteiger charge is -2.28. The van der Waals surface area contributed by atoms with E-state index in [9.17, 15) is 9.90 Å². The van der Waals surface area contributed by atoms with Crippen molar-refractivity contribution in [1.29, 1.82) is 0 Å². The molecule has 0 radical (unpaired) electrons. The van der Waals surface area contributed by atoms with Gasteiger partial charge in [0.15, 0.2) is 0 Å². The maximum Gasteiger partial charge on any atom is 0.323 e. The van der Waals surface area contributed by atoms with Crippen LogP contribution in [-0.2, 0) is 4.79 Å². The summed E-state index contributed by atoms with van der Waals surface area (Å²) in [6.07, 6.45) is 0.572. The Bertz CT molecular complexity index is 441. The smallest absolute Gasteiger partial charge is 0.323 e. The van der Waals surface area contributed by atoms with Crippen LogP contribution in [-0.4, -0.2) is 28.4 Å². The maximum absolute atomic E-state index is 11.4. The third-order valence-electron chi connectivity index (χ3n) is 2.90. The molecule has 0 aliphatic heterocycles. The van der Waals surface area contributed by atoms with Gasteiger partial charge in [0, 0.05) is 14.6 Å². The molecule has 1 aromatic carbocycles. The zero-order valence-electron chi connectivity index (χ0n) is 11.4. The van der Waals surface area contributed by atoms with Crippen molar-refractivity contribution in [2.75, 3.05) is 6.54 Å². The van der Waals surface area contributed by atoms with Crippen molar-refractivity contribution in [3.05, 3.63) is 28.7 Å². The topological polar surface area (TPSA) is 49.3 Å². The van der Waals surface area contributed by atoms with Crippen molar-refractivity contribution in [3.63, 3.8) is 0 Å². The molecule has 2 unspecified atom stereocenters. The van der Waals surface area contributed by atoms with Crippen molar-refractivity contribution >= 4 is 33.7 Å². The summed E-state index contributed by atoms with van der Waals surface area (Å²) in [4.78, 5) is 12.5. The van der Waals surface area contributed by atoms with Gasteiger partial charge in [-0.1, -0.05) is 26.0 Å². The molecule has 0 aliphatic rings. The number of carboxylic acid groups (broad SMARTS) is 1. The van der Waals surface area contributed by atoms with Gasteiger partial charge in [-0.3, -0.25) is 4.79 Å². The second-order valence-corrected chi connectivity index (χ2v) is 7.07. The Morgan fingerprint density at radius 3 is 2.68 bits per heavy atom. The highest BCUT2D eigenvalue weighted by Gasteiger charge is 2.33. The summed E-state index contributed by atoms with van der Waals surface area (Å²) in [7, 11) is 0. The first-order chi connectivity index (χ1) is 8.89. The SMILES string of the molecule is CCNC(C)(CC(C)Sc1ccccc1Br)C(=O)O. The van der Waals surface area contributed by atoms with Crippen LogP contribution in [0, 0.1) is 0 Å². The average Bonchev–Trinajstić information content (AvgIpc) is 2.32. The molecule has 5 heteroatoms. The number of halogens is 1. The van der Waals surface area contributed by atoms with E-state index in [1.807, 2.05) is 31.2 Å². The Labute approximate surface area is 127 Å². The Morgan fingerprint density at radius 2 is 2.16 bits per heavy atom. The summed E-state index contributed by atoms with van der Waals surface area (Å²) in [6.45, 7) is 6.38. The van der Waals surface area contributed by atoms with Gasteiger partial charge in [-0.25, -0.2) is 0 Å². The van der Waals surface area contributed by atoms with Gasteiger partial charge in [0.1, 0.15) is 5.54 Å². The number of rotatable bonds is 7. The molecule has 0 saturated heterocycles. The third kappa shape index (κ3) is 4.82. The maximum atomic E-state index is 11.4. The lowest BCUT2D eigenvalue weighted by Crippen LogP contribution is -2.50. The van der Waals surface area contributed by atoms with Crippen LogP contribution < -0.4 is 5.32 Å². The van der Waals surface area contributed by atoms with Crippen LogP contribution in [0.2, 0.25) is 0 Å². The molecule has 19 heavy (non-hydrogen) atoms. The molecule has 0 heterocycles. The van der Waals surface area contributed by atoms with Gasteiger partial charge in [-0.2, -0.15) is 0 Å². The number of likely N-dealkylation sites (N-methyl/N-ethyl adjacent to an activating group) is 1. The highest BCUT2D eigenvalue weighted by molar-refractivity contribution is 9.10. The monoisotopic (exact) mass is 345 g/mol. The summed E-state index contributed by atoms with van der Waals surface area (Å²) in [5.41, 5.74) is -0.873. The highest BCUT2D eigenvalue weighted by Crippen LogP contribution is 2.33. The van der Waals surface area contributed by atoms with Crippen LogP contribution in [0.3, 0.4) is 0 Å². The summed E-state index contributed by atoms with van der Waals surface area (Å²) in [5.74, 6) is -0.797. The summed E-state index contributed by atoms with van der Waals surface area (Å²) in [5, 5.41) is 12.6. The van der Waals surface area contributed by atoms with Crippen LogP contribution in [0.1, 0.15) is 27.2 Å². The third-order valence-corrected chi connectivity index (χ3v) is 5.03. The number of benzene rings is 1. The van der Waals surface area contributed by atoms with Gasteiger partial charge < -0.3 is 10.4 Å². The number of hydrogen-bond acceptors (Lipinski definition) is 3. The molecule has 0 bridgehead atoms. The van der Waals surface area contributed by atoms with E-state index in [1.54, 1.807) is 18.7 Å². The Morgan fingerprint density at radius 1 is 1.53 bits per heavy atom. The van der Waals surface area contributed by atoms with Crippen LogP contribution in [0.15, 0.2) is 33.6 Å². The molecule has 0 amide bonds. The summed E-state index contributed by atoms with van der Waals surface area (Å²) >= 11 is 5.20. The Hall–Kier alpha value is -0.520. The first-order valence-electron chi connectivity index (χ1n) is 6.28. The second kappa shape index (κ2) is 7.31. The van der Waals surface area contributed by atoms with Crippen molar-refractivity contribution in [3.8, 4) is 0 Å². The van der Waals surface area contributed by atoms with E-state index >= 15 is 0 Å². The molecule has 0 aliphatic carbocycles. The minimum Gasteiger partial charge on any atom is -0.480 e. The van der Waals surface area contributed by atoms with Gasteiger partial charge >= 0.3 is 5.97 Å². The Kier molecular flexibility index (Phi) is 6.36. The van der Waals surface area contributed by atoms with Gasteiger partial charge in [0.25, 0.3) is 0 Å². The molecular formula is C14H20BrNO2S. The van der Waals surface area contributed by atoms with Crippen molar-refractivity contribution in [1.82, 2.24) is 5.32 Å². The number of thioether (sulfide) groups is 1. The molecule has 1 rings (SSSR count). The van der Waals surface area contributed by atoms with Gasteiger partial charge in [0.05, 0.1) is 0 Å². The zero-order chi connectivity index (χ0) is 14.5. The van der Waals surface area contributed by atoms with Crippen molar-refractivity contribution in [2.45, 2.75) is 42.9 Å². The first-order valence-corrected chi connectivity index (χ1v) is 7.96. The lowest BCUT2D eigenvalue weighted by molar-refractivity contribution is -0.144. The number of carboxylic acids is 1. The van der Waals surface area contributed by atoms with Crippen LogP contribution in [0.5, 0.6) is 0 Å². The van der Waals surface area contributed by atoms with Crippen molar-refractivity contribution in [2.24, 2.45) is 0 Å². The fourth-order valence-corrected chi connectivity index (χ4v) is 3.75. The molecule has 1 aromatic rings. The van der Waals surface area contributed by atoms with E-state index < -0.39 is 11.5 Å². The standard InChI is InChI=1S/C14H20BrNO2S/c1-4-16-14(3,13(17)18)9-10(2)19-12-8-6-5-7-11(12)15/h5-8,10,16H,4,9H2,1-3H3,(H,17,18). The minimum absolute atomic E-state index is 0.207. The van der Waals surface area contributed by atoms with Crippen LogP contribution in [0.4, 0.5) is 0 Å². The van der Waals surface area contributed by atoms with E-state index in [0.29, 0.717) is 13.0 Å². The largest absolute Gasteiger partial charge is 0.480 e. The van der Waals surface area contributed by atoms with E-state index in [2.05, 4.69) is 28.2 Å². The molecule has 2 N–H and O–H groups in total. The summed E-state index contributed by atoms with van der Waals surface area (Å²) in [6, 6.07) is 7.99. The number of aliphatic carboxylic acids is 1. The van der Waals surface area contributed by atoms with E-state index in [4.69, 9.17) is 0 Å². The minimum atomic E-state index is -0.873. The average molecular weight is 346 g/mol. The van der Waals surface area contributed by atoms with E-state index in [-0.39, 0.29) is 5.25 Å². The fourth-order valence-electron chi connectivity index (χ4n) is 2.00. The molecule has 3 nitrogen and oxygen atoms in total. The van der Waals surface area contributed by atoms with E-state index in [1.165, 1.54) is 0 Å². The predicted molar refractivity (Wildman–Crippen MR) is 83.8 cm³/mol. The molecular weight excluding hydrogens is 326 g/mol. The van der Waals surface area contributed by atoms with Gasteiger partial charge in [-0.15, -0.1) is 11.8 Å². The zero-order valence-corrected chi connectivity index (χ0v) is 13.8. The number of hydrogen-bond donors (Lipinski definition) is 2. The van der Waals surface area contributed by atoms with Crippen LogP contribution >= 0.6 is 27.7 Å². The molecule has 0 fully saturated rings. The van der Waals surface area contributed by atoms with Gasteiger partial charge in [0.2, 0.25) is 0 Å². The number of carbonyl (C=O) groups is 1. The molecule has 0 aromatic heterocycles. The fraction of sp³-hybridized carbons (Fsp3) is 0.500.